The van der Waals surface area contributed by atoms with Gasteiger partial charge in [-0.15, -0.1) is 11.3 Å². The van der Waals surface area contributed by atoms with Crippen molar-refractivity contribution >= 4 is 39.4 Å². The van der Waals surface area contributed by atoms with Crippen LogP contribution in [0, 0.1) is 6.92 Å². The normalized spacial score (nSPS) is 15.2. The van der Waals surface area contributed by atoms with Crippen molar-refractivity contribution in [3.8, 4) is 0 Å². The van der Waals surface area contributed by atoms with Gasteiger partial charge in [0.1, 0.15) is 0 Å². The lowest BCUT2D eigenvalue weighted by atomic mass is 10.2. The third-order valence-corrected chi connectivity index (χ3v) is 7.62. The van der Waals surface area contributed by atoms with E-state index in [9.17, 15) is 18.0 Å². The number of rotatable bonds is 7. The number of amides is 2. The van der Waals surface area contributed by atoms with Gasteiger partial charge in [-0.25, -0.2) is 13.8 Å². The molecule has 0 aliphatic carbocycles. The molecule has 1 fully saturated rings. The third kappa shape index (κ3) is 5.53. The highest BCUT2D eigenvalue weighted by Gasteiger charge is 2.25. The number of nitrogens with one attached hydrogen (secondary N) is 2. The third-order valence-electron chi connectivity index (χ3n) is 4.75. The van der Waals surface area contributed by atoms with Gasteiger partial charge in [0.15, 0.2) is 0 Å². The van der Waals surface area contributed by atoms with E-state index in [1.807, 2.05) is 18.4 Å². The summed E-state index contributed by atoms with van der Waals surface area (Å²) in [6.07, 6.45) is 4.32. The summed E-state index contributed by atoms with van der Waals surface area (Å²) >= 11 is 1.51. The molecule has 0 bridgehead atoms. The van der Waals surface area contributed by atoms with E-state index in [0.717, 1.165) is 29.7 Å². The molecule has 160 valence electrons. The van der Waals surface area contributed by atoms with Crippen LogP contribution in [0.1, 0.15) is 40.1 Å². The molecule has 2 N–H and O–H groups in total. The van der Waals surface area contributed by atoms with Gasteiger partial charge in [0, 0.05) is 23.5 Å². The Balaban J connectivity index is 1.51. The summed E-state index contributed by atoms with van der Waals surface area (Å²) in [5.74, 6) is -0.928. The highest BCUT2D eigenvalue weighted by atomic mass is 32.2. The monoisotopic (exact) mass is 448 g/mol. The van der Waals surface area contributed by atoms with E-state index in [1.54, 1.807) is 6.21 Å². The molecule has 2 aromatic rings. The second-order valence-electron chi connectivity index (χ2n) is 6.93. The maximum Gasteiger partial charge on any atom is 0.259 e. The fourth-order valence-corrected chi connectivity index (χ4v) is 5.32. The number of carbonyl (C=O) groups is 2. The molecule has 0 atom stereocenters. The summed E-state index contributed by atoms with van der Waals surface area (Å²) < 4.78 is 26.8. The predicted octanol–water partition coefficient (Wildman–Crippen LogP) is 2.11. The maximum absolute atomic E-state index is 12.6. The molecule has 1 aliphatic rings. The van der Waals surface area contributed by atoms with Crippen LogP contribution in [0.15, 0.2) is 45.7 Å². The van der Waals surface area contributed by atoms with Gasteiger partial charge in [0.05, 0.1) is 17.7 Å². The summed E-state index contributed by atoms with van der Waals surface area (Å²) in [7, 11) is -3.54. The van der Waals surface area contributed by atoms with E-state index in [2.05, 4.69) is 15.8 Å². The molecule has 0 radical (unpaired) electrons. The standard InChI is InChI=1S/C20H24N4O4S2/c1-15-9-12-29-18(15)13-22-23-19(25)14-21-20(26)16-5-7-17(8-6-16)30(27,28)24-10-3-2-4-11-24/h5-9,12-13H,2-4,10-11,14H2,1H3,(H,21,26)(H,23,25)/b22-13+. The van der Waals surface area contributed by atoms with Gasteiger partial charge in [-0.1, -0.05) is 6.42 Å². The average Bonchev–Trinajstić information content (AvgIpc) is 3.17. The number of hydrogen-bond donors (Lipinski definition) is 2. The molecule has 8 nitrogen and oxygen atoms in total. The zero-order valence-corrected chi connectivity index (χ0v) is 18.3. The summed E-state index contributed by atoms with van der Waals surface area (Å²) in [5.41, 5.74) is 3.70. The summed E-state index contributed by atoms with van der Waals surface area (Å²) in [4.78, 5) is 25.2. The number of piperidine rings is 1. The second kappa shape index (κ2) is 9.96. The molecule has 3 rings (SSSR count). The minimum atomic E-state index is -3.54. The maximum atomic E-state index is 12.6. The Labute approximate surface area is 180 Å². The molecule has 2 amide bonds. The molecule has 10 heteroatoms. The van der Waals surface area contributed by atoms with Crippen LogP contribution in [0.3, 0.4) is 0 Å². The van der Waals surface area contributed by atoms with E-state index < -0.39 is 21.8 Å². The molecule has 1 aliphatic heterocycles. The quantitative estimate of drug-likeness (QED) is 0.500. The lowest BCUT2D eigenvalue weighted by molar-refractivity contribution is -0.120. The zero-order valence-electron chi connectivity index (χ0n) is 16.6. The first-order valence-electron chi connectivity index (χ1n) is 9.62. The van der Waals surface area contributed by atoms with Gasteiger partial charge in [0.25, 0.3) is 11.8 Å². The van der Waals surface area contributed by atoms with Crippen molar-refractivity contribution in [2.24, 2.45) is 5.10 Å². The molecule has 2 heterocycles. The van der Waals surface area contributed by atoms with Crippen molar-refractivity contribution in [3.63, 3.8) is 0 Å². The molecule has 1 aromatic heterocycles. The van der Waals surface area contributed by atoms with Crippen LogP contribution < -0.4 is 10.7 Å². The molecule has 0 spiro atoms. The van der Waals surface area contributed by atoms with Crippen LogP contribution in [-0.4, -0.2) is 50.4 Å². The zero-order chi connectivity index (χ0) is 21.6. The van der Waals surface area contributed by atoms with E-state index >= 15 is 0 Å². The smallest absolute Gasteiger partial charge is 0.259 e. The number of carbonyl (C=O) groups excluding carboxylic acids is 2. The van der Waals surface area contributed by atoms with Crippen molar-refractivity contribution in [1.82, 2.24) is 15.0 Å². The topological polar surface area (TPSA) is 108 Å². The van der Waals surface area contributed by atoms with Crippen molar-refractivity contribution in [2.45, 2.75) is 31.1 Å². The average molecular weight is 449 g/mol. The Kier molecular flexibility index (Phi) is 7.35. The van der Waals surface area contributed by atoms with Gasteiger partial charge in [0.2, 0.25) is 10.0 Å². The van der Waals surface area contributed by atoms with Crippen LogP contribution in [0.2, 0.25) is 0 Å². The molecular formula is C20H24N4O4S2. The number of benzene rings is 1. The van der Waals surface area contributed by atoms with E-state index in [-0.39, 0.29) is 17.0 Å². The Hall–Kier alpha value is -2.56. The predicted molar refractivity (Wildman–Crippen MR) is 116 cm³/mol. The van der Waals surface area contributed by atoms with Crippen LogP contribution in [0.4, 0.5) is 0 Å². The molecule has 0 unspecified atom stereocenters. The number of aryl methyl sites for hydroxylation is 1. The fraction of sp³-hybridized carbons (Fsp3) is 0.350. The Bertz CT molecular complexity index is 1020. The highest BCUT2D eigenvalue weighted by Crippen LogP contribution is 2.20. The van der Waals surface area contributed by atoms with Gasteiger partial charge in [-0.05, 0) is 61.0 Å². The number of nitrogens with zero attached hydrogens (tertiary/aromatic N) is 2. The lowest BCUT2D eigenvalue weighted by Gasteiger charge is -2.25. The van der Waals surface area contributed by atoms with Gasteiger partial charge >= 0.3 is 0 Å². The van der Waals surface area contributed by atoms with Crippen molar-refractivity contribution in [3.05, 3.63) is 51.7 Å². The van der Waals surface area contributed by atoms with E-state index in [1.165, 1.54) is 39.9 Å². The number of hydrazone groups is 1. The minimum Gasteiger partial charge on any atom is -0.343 e. The molecule has 30 heavy (non-hydrogen) atoms. The van der Waals surface area contributed by atoms with Gasteiger partial charge in [-0.2, -0.15) is 9.41 Å². The molecule has 0 saturated carbocycles. The second-order valence-corrected chi connectivity index (χ2v) is 9.82. The van der Waals surface area contributed by atoms with Crippen LogP contribution in [0.25, 0.3) is 0 Å². The first-order chi connectivity index (χ1) is 14.4. The lowest BCUT2D eigenvalue weighted by Crippen LogP contribution is -2.36. The molecule has 1 aromatic carbocycles. The SMILES string of the molecule is Cc1ccsc1/C=N/NC(=O)CNC(=O)c1ccc(S(=O)(=O)N2CCCCC2)cc1. The van der Waals surface area contributed by atoms with E-state index in [0.29, 0.717) is 13.1 Å². The van der Waals surface area contributed by atoms with Crippen LogP contribution in [-0.2, 0) is 14.8 Å². The summed E-state index contributed by atoms with van der Waals surface area (Å²) in [6.45, 7) is 2.75. The fourth-order valence-electron chi connectivity index (χ4n) is 3.01. The van der Waals surface area contributed by atoms with Crippen LogP contribution in [0.5, 0.6) is 0 Å². The number of sulfonamides is 1. The van der Waals surface area contributed by atoms with Crippen molar-refractivity contribution in [2.75, 3.05) is 19.6 Å². The largest absolute Gasteiger partial charge is 0.343 e. The van der Waals surface area contributed by atoms with Crippen LogP contribution >= 0.6 is 11.3 Å². The summed E-state index contributed by atoms with van der Waals surface area (Å²) in [5, 5.41) is 8.30. The highest BCUT2D eigenvalue weighted by molar-refractivity contribution is 7.89. The first kappa shape index (κ1) is 22.1. The Morgan fingerprint density at radius 3 is 2.47 bits per heavy atom. The van der Waals surface area contributed by atoms with Crippen molar-refractivity contribution in [1.29, 1.82) is 0 Å². The summed E-state index contributed by atoms with van der Waals surface area (Å²) in [6, 6.07) is 7.69. The first-order valence-corrected chi connectivity index (χ1v) is 11.9. The van der Waals surface area contributed by atoms with E-state index in [4.69, 9.17) is 0 Å². The molecular weight excluding hydrogens is 424 g/mol. The minimum absolute atomic E-state index is 0.164. The Morgan fingerprint density at radius 2 is 1.83 bits per heavy atom. The van der Waals surface area contributed by atoms with Gasteiger partial charge < -0.3 is 5.32 Å². The number of thiophene rings is 1. The Morgan fingerprint density at radius 1 is 1.13 bits per heavy atom. The van der Waals surface area contributed by atoms with Crippen molar-refractivity contribution < 1.29 is 18.0 Å². The van der Waals surface area contributed by atoms with Gasteiger partial charge in [-0.3, -0.25) is 9.59 Å². The molecule has 1 saturated heterocycles. The number of hydrogen-bond acceptors (Lipinski definition) is 6.